The molecule has 2 aliphatic rings. The van der Waals surface area contributed by atoms with Crippen molar-refractivity contribution < 1.29 is 58.9 Å². The maximum atomic E-state index is 2.56. The van der Waals surface area contributed by atoms with Crippen molar-refractivity contribution in [3.63, 3.8) is 0 Å². The van der Waals surface area contributed by atoms with Crippen LogP contribution in [0.3, 0.4) is 0 Å². The smallest absolute Gasteiger partial charge is 1.00 e. The first-order valence-electron chi connectivity index (χ1n) is 8.22. The van der Waals surface area contributed by atoms with E-state index in [0.717, 1.165) is 0 Å². The summed E-state index contributed by atoms with van der Waals surface area (Å²) in [5.41, 5.74) is 2.86. The van der Waals surface area contributed by atoms with E-state index in [4.69, 9.17) is 0 Å². The predicted octanol–water partition coefficient (Wildman–Crippen LogP) is -3.59. The van der Waals surface area contributed by atoms with E-state index in [9.17, 15) is 0 Å². The second-order valence-electron chi connectivity index (χ2n) is 6.36. The minimum Gasteiger partial charge on any atom is -1.00 e. The van der Waals surface area contributed by atoms with Gasteiger partial charge in [-0.2, -0.15) is 6.42 Å². The van der Waals surface area contributed by atoms with Crippen molar-refractivity contribution in [1.82, 2.24) is 0 Å². The normalized spacial score (nSPS) is 22.3. The first-order chi connectivity index (χ1) is 10.9. The summed E-state index contributed by atoms with van der Waals surface area (Å²) in [5, 5.41) is 0. The van der Waals surface area contributed by atoms with Crippen LogP contribution in [0.15, 0.2) is 85.0 Å². The number of hydrogen-bond donors (Lipinski definition) is 0. The third kappa shape index (κ3) is 5.27. The Morgan fingerprint density at radius 2 is 1.23 bits per heavy atom. The number of halogens is 3. The van der Waals surface area contributed by atoms with Crippen LogP contribution in [-0.2, 0) is 21.7 Å². The van der Waals surface area contributed by atoms with Crippen molar-refractivity contribution in [2.45, 2.75) is 12.3 Å². The van der Waals surface area contributed by atoms with Gasteiger partial charge in [-0.05, 0) is 28.9 Å². The van der Waals surface area contributed by atoms with Crippen molar-refractivity contribution in [1.29, 1.82) is 0 Å². The van der Waals surface area contributed by atoms with Crippen LogP contribution in [-0.4, -0.2) is 0 Å². The fourth-order valence-electron chi connectivity index (χ4n) is 4.11. The molecule has 2 aliphatic carbocycles. The van der Waals surface area contributed by atoms with Gasteiger partial charge in [0.05, 0.1) is 0 Å². The second kappa shape index (κ2) is 12.1. The van der Waals surface area contributed by atoms with Crippen molar-refractivity contribution in [3.8, 4) is 0 Å². The first-order valence-corrected chi connectivity index (χ1v) is 8.22. The number of fused-ring (bicyclic) bond motifs is 1. The van der Waals surface area contributed by atoms with Gasteiger partial charge in [0.2, 0.25) is 0 Å². The first kappa shape index (κ1) is 25.5. The van der Waals surface area contributed by atoms with Gasteiger partial charge in [-0.15, -0.1) is 5.92 Å². The molecule has 0 nitrogen and oxygen atoms in total. The molecule has 0 aromatic heterocycles. The minimum atomic E-state index is 0. The number of benzene rings is 2. The maximum Gasteiger partial charge on any atom is 4.00 e. The van der Waals surface area contributed by atoms with Crippen LogP contribution < -0.4 is 37.2 Å². The molecule has 4 rings (SSSR count). The summed E-state index contributed by atoms with van der Waals surface area (Å²) in [6.45, 7) is 0. The van der Waals surface area contributed by atoms with Crippen molar-refractivity contribution in [2.24, 2.45) is 17.8 Å². The van der Waals surface area contributed by atoms with E-state index in [0.29, 0.717) is 23.7 Å². The molecule has 26 heavy (non-hydrogen) atoms. The Hall–Kier alpha value is -0.496. The monoisotopic (exact) mass is 438 g/mol. The number of hydrogen-bond acceptors (Lipinski definition) is 0. The average molecular weight is 440 g/mol. The van der Waals surface area contributed by atoms with Crippen LogP contribution in [0.2, 0.25) is 0 Å². The maximum absolute atomic E-state index is 2.56. The molecular formula is C22H21Cl3Ti. The molecule has 0 heterocycles. The Bertz CT molecular complexity index is 646. The molecule has 3 unspecified atom stereocenters. The Kier molecular flexibility index (Phi) is 11.8. The Labute approximate surface area is 190 Å². The van der Waals surface area contributed by atoms with Crippen molar-refractivity contribution >= 4 is 0 Å². The SMILES string of the molecule is C1=CC2C[CH-]C(C(c3ccccc3)c3ccccc3)C2C=C1.[Cl-].[Cl-].[Cl-].[Ti+4]. The summed E-state index contributed by atoms with van der Waals surface area (Å²) in [6, 6.07) is 22.0. The molecule has 134 valence electrons. The molecule has 0 aliphatic heterocycles. The third-order valence-corrected chi connectivity index (χ3v) is 5.12. The largest absolute Gasteiger partial charge is 4.00 e. The summed E-state index contributed by atoms with van der Waals surface area (Å²) < 4.78 is 0. The molecular weight excluding hydrogens is 418 g/mol. The van der Waals surface area contributed by atoms with E-state index >= 15 is 0 Å². The zero-order valence-corrected chi connectivity index (χ0v) is 18.1. The van der Waals surface area contributed by atoms with Crippen LogP contribution in [0.4, 0.5) is 0 Å². The summed E-state index contributed by atoms with van der Waals surface area (Å²) in [4.78, 5) is 0. The molecule has 1 saturated carbocycles. The number of allylic oxidation sites excluding steroid dienone is 4. The molecule has 0 N–H and O–H groups in total. The van der Waals surface area contributed by atoms with Gasteiger partial charge in [0.25, 0.3) is 0 Å². The fourth-order valence-corrected chi connectivity index (χ4v) is 4.11. The van der Waals surface area contributed by atoms with E-state index in [1.165, 1.54) is 17.5 Å². The Morgan fingerprint density at radius 1 is 0.731 bits per heavy atom. The van der Waals surface area contributed by atoms with Gasteiger partial charge in [-0.25, -0.2) is 0 Å². The molecule has 0 saturated heterocycles. The van der Waals surface area contributed by atoms with Gasteiger partial charge in [-0.1, -0.05) is 85.0 Å². The van der Waals surface area contributed by atoms with Gasteiger partial charge in [0.1, 0.15) is 0 Å². The molecule has 4 heteroatoms. The van der Waals surface area contributed by atoms with Crippen LogP contribution in [0, 0.1) is 24.2 Å². The topological polar surface area (TPSA) is 0 Å². The molecule has 0 spiro atoms. The molecule has 1 fully saturated rings. The summed E-state index contributed by atoms with van der Waals surface area (Å²) in [6.07, 6.45) is 13.0. The van der Waals surface area contributed by atoms with Crippen LogP contribution in [0.5, 0.6) is 0 Å². The fraction of sp³-hybridized carbons (Fsp3) is 0.227. The van der Waals surface area contributed by atoms with Crippen molar-refractivity contribution in [3.05, 3.63) is 103 Å². The molecule has 2 aromatic rings. The molecule has 3 atom stereocenters. The third-order valence-electron chi connectivity index (χ3n) is 5.12. The average Bonchev–Trinajstić information content (AvgIpc) is 3.01. The summed E-state index contributed by atoms with van der Waals surface area (Å²) >= 11 is 0. The van der Waals surface area contributed by atoms with Crippen molar-refractivity contribution in [2.75, 3.05) is 0 Å². The van der Waals surface area contributed by atoms with E-state index in [1.807, 2.05) is 0 Å². The Balaban J connectivity index is 0.00000156. The van der Waals surface area contributed by atoms with E-state index in [-0.39, 0.29) is 58.9 Å². The second-order valence-corrected chi connectivity index (χ2v) is 6.36. The minimum absolute atomic E-state index is 0. The van der Waals surface area contributed by atoms with E-state index < -0.39 is 0 Å². The quantitative estimate of drug-likeness (QED) is 0.343. The predicted molar refractivity (Wildman–Crippen MR) is 92.4 cm³/mol. The Morgan fingerprint density at radius 3 is 1.77 bits per heavy atom. The summed E-state index contributed by atoms with van der Waals surface area (Å²) in [5.74, 6) is 2.35. The molecule has 2 aromatic carbocycles. The summed E-state index contributed by atoms with van der Waals surface area (Å²) in [7, 11) is 0. The van der Waals surface area contributed by atoms with Gasteiger partial charge < -0.3 is 43.6 Å². The van der Waals surface area contributed by atoms with Crippen LogP contribution in [0.25, 0.3) is 0 Å². The van der Waals surface area contributed by atoms with Gasteiger partial charge >= 0.3 is 21.7 Å². The van der Waals surface area contributed by atoms with E-state index in [1.54, 1.807) is 0 Å². The molecule has 0 radical (unpaired) electrons. The van der Waals surface area contributed by atoms with Gasteiger partial charge in [0, 0.05) is 0 Å². The molecule has 0 amide bonds. The number of rotatable bonds is 3. The van der Waals surface area contributed by atoms with E-state index in [2.05, 4.69) is 91.4 Å². The molecule has 0 bridgehead atoms. The van der Waals surface area contributed by atoms with Crippen LogP contribution in [0.1, 0.15) is 23.5 Å². The van der Waals surface area contributed by atoms with Gasteiger partial charge in [-0.3, -0.25) is 0 Å². The standard InChI is InChI=1S/C22H21.3ClH.Ti/c1-3-10-18(11-4-1)22(19-12-5-2-6-13-19)21-16-15-17-9-7-8-14-20(17)21;;;;/h1-14,16-17,20-22H,15H2;3*1H;/q-1;;;;+4/p-3. The zero-order chi connectivity index (χ0) is 14.8. The zero-order valence-electron chi connectivity index (χ0n) is 14.3. The van der Waals surface area contributed by atoms with Gasteiger partial charge in [0.15, 0.2) is 0 Å². The van der Waals surface area contributed by atoms with Crippen LogP contribution >= 0.6 is 0 Å².